The number of ether oxygens (including phenoxy) is 9. The average molecular weight is 1900 g/mol. The van der Waals surface area contributed by atoms with Gasteiger partial charge in [-0.25, -0.2) is 9.59 Å². The molecule has 1 fully saturated rings. The van der Waals surface area contributed by atoms with E-state index in [0.717, 1.165) is 18.4 Å². The number of fused-ring (bicyclic) bond motifs is 16. The smallest absolute Gasteiger partial charge is 0.410 e. The third-order valence-electron chi connectivity index (χ3n) is 24.7. The number of likely N-dealkylation sites (N-methyl/N-ethyl adjacent to an activating group) is 1. The molecule has 5 aliphatic rings. The van der Waals surface area contributed by atoms with E-state index >= 15 is 24.0 Å². The Hall–Kier alpha value is -11.3. The van der Waals surface area contributed by atoms with Crippen LogP contribution in [0.3, 0.4) is 0 Å². The molecule has 0 aromatic heterocycles. The van der Waals surface area contributed by atoms with Crippen LogP contribution in [0.25, 0.3) is 11.1 Å². The van der Waals surface area contributed by atoms with Crippen LogP contribution in [0.5, 0.6) is 51.7 Å². The molecule has 34 heteroatoms. The van der Waals surface area contributed by atoms with E-state index < -0.39 is 147 Å². The molecule has 1 saturated heterocycles. The van der Waals surface area contributed by atoms with E-state index in [1.165, 1.54) is 77.8 Å². The molecule has 0 radical (unpaired) electrons. The standard InChI is InChI=1S/C99H127Cl2N11O19Si2/c1-57(2)45-74(111(12)96(120)129-97(3,4)5)91(114)107-87-89(130-132(18,19)98(6,7)8)62-34-41-76(71(100)47-62)127-79-49-64-50-80(86(79)109-110-112-43-25-26-44-112)128-77-42-35-63(48-72(77)101)90(131-133(20,21)99(9,10)11)88(95(118)119)108-93(116)85(61-33-40-75(124-16)70(46-61)82-69(52-68(123-15)53-78(82)125-17)73(102)56-126-55-58-27-23-22-24-28-58)106-92(115)84(64)103-54-65(104-94(87)117)51-81(113)105-83(59-29-36-66(121-13)37-30-59)60-31-38-67(122-14)39-32-60/h22-24,27-42,46-50,52-53,57,65,73-74,83-85,87-90,103H,25-26,43-45,51,54-56,102H2,1-21H3,(H,104,117)(H,105,113)(H,106,115)(H,107,114)(H,108,116)(H,118,119)/t65-,73+,74+,84+,85+,87+,88-,89+,90+/m0/s1. The number of carbonyl (C=O) groups excluding carboxylic acids is 6. The molecule has 5 aliphatic heterocycles. The third-order valence-corrected chi connectivity index (χ3v) is 34.2. The number of benzene rings is 8. The summed E-state index contributed by atoms with van der Waals surface area (Å²) in [6.45, 7) is 29.4. The normalized spacial score (nSPS) is 18.7. The van der Waals surface area contributed by atoms with E-state index in [-0.39, 0.29) is 104 Å². The molecule has 6 amide bonds. The minimum Gasteiger partial charge on any atom is -0.497 e. The Morgan fingerprint density at radius 2 is 1.16 bits per heavy atom. The fourth-order valence-electron chi connectivity index (χ4n) is 15.3. The number of amides is 6. The molecule has 0 aliphatic carbocycles. The van der Waals surface area contributed by atoms with Crippen molar-refractivity contribution in [2.24, 2.45) is 22.0 Å². The maximum Gasteiger partial charge on any atom is 0.410 e. The number of hydrogen-bond donors (Lipinski definition) is 8. The van der Waals surface area contributed by atoms with Gasteiger partial charge in [-0.1, -0.05) is 157 Å². The predicted octanol–water partition coefficient (Wildman–Crippen LogP) is 18.4. The molecule has 8 aromatic carbocycles. The summed E-state index contributed by atoms with van der Waals surface area (Å²) in [5.41, 5.74) is 9.95. The molecule has 13 rings (SSSR count). The van der Waals surface area contributed by atoms with Crippen LogP contribution in [0.15, 0.2) is 168 Å². The largest absolute Gasteiger partial charge is 0.497 e. The summed E-state index contributed by atoms with van der Waals surface area (Å²) in [6.07, 6.45) is -2.67. The number of carbonyl (C=O) groups is 7. The van der Waals surface area contributed by atoms with Gasteiger partial charge < -0.3 is 94.2 Å². The van der Waals surface area contributed by atoms with E-state index in [9.17, 15) is 14.7 Å². The monoisotopic (exact) mass is 1900 g/mol. The minimum absolute atomic E-state index is 0.00563. The van der Waals surface area contributed by atoms with E-state index in [2.05, 4.69) is 31.9 Å². The van der Waals surface area contributed by atoms with E-state index in [0.29, 0.717) is 52.6 Å². The van der Waals surface area contributed by atoms with Crippen LogP contribution in [0.2, 0.25) is 46.3 Å². The number of carboxylic acid groups (broad SMARTS) is 1. The zero-order chi connectivity index (χ0) is 96.9. The van der Waals surface area contributed by atoms with Crippen molar-refractivity contribution in [2.75, 3.05) is 68.8 Å². The quantitative estimate of drug-likeness (QED) is 0.0159. The lowest BCUT2D eigenvalue weighted by molar-refractivity contribution is -0.145. The highest BCUT2D eigenvalue weighted by atomic mass is 35.5. The Labute approximate surface area is 791 Å². The highest BCUT2D eigenvalue weighted by Crippen LogP contribution is 2.51. The van der Waals surface area contributed by atoms with Crippen LogP contribution in [0.1, 0.15) is 183 Å². The fourth-order valence-corrected chi connectivity index (χ4v) is 18.3. The number of nitrogens with two attached hydrogens (primary N) is 1. The van der Waals surface area contributed by atoms with Gasteiger partial charge in [0.15, 0.2) is 39.9 Å². The summed E-state index contributed by atoms with van der Waals surface area (Å²) in [7, 11) is 2.62. The van der Waals surface area contributed by atoms with Gasteiger partial charge in [0.2, 0.25) is 29.5 Å². The summed E-state index contributed by atoms with van der Waals surface area (Å²) in [5, 5.41) is 40.9. The van der Waals surface area contributed by atoms with Crippen LogP contribution in [0, 0.1) is 5.92 Å². The molecule has 9 atom stereocenters. The van der Waals surface area contributed by atoms with Gasteiger partial charge in [0, 0.05) is 50.3 Å². The summed E-state index contributed by atoms with van der Waals surface area (Å²) in [6, 6.07) is 32.3. The Morgan fingerprint density at radius 1 is 0.617 bits per heavy atom. The van der Waals surface area contributed by atoms with Gasteiger partial charge in [0.05, 0.1) is 83.0 Å². The molecule has 0 spiro atoms. The zero-order valence-electron chi connectivity index (χ0n) is 79.6. The number of rotatable bonds is 29. The summed E-state index contributed by atoms with van der Waals surface area (Å²) in [5.74, 6) is -4.51. The second-order valence-electron chi connectivity index (χ2n) is 38.0. The van der Waals surface area contributed by atoms with Gasteiger partial charge in [-0.3, -0.25) is 33.9 Å². The maximum absolute atomic E-state index is 17.3. The van der Waals surface area contributed by atoms with E-state index in [4.69, 9.17) is 90.8 Å². The second kappa shape index (κ2) is 43.8. The van der Waals surface area contributed by atoms with Crippen molar-refractivity contribution < 1.29 is 90.2 Å². The number of methoxy groups -OCH3 is 5. The van der Waals surface area contributed by atoms with Crippen molar-refractivity contribution in [3.05, 3.63) is 212 Å². The highest BCUT2D eigenvalue weighted by Gasteiger charge is 2.48. The molecular formula is C99H127Cl2N11O19Si2. The topological polar surface area (TPSA) is 371 Å². The van der Waals surface area contributed by atoms with Gasteiger partial charge in [-0.2, -0.15) is 0 Å². The Kier molecular flexibility index (Phi) is 33.6. The molecule has 7 bridgehead atoms. The summed E-state index contributed by atoms with van der Waals surface area (Å²) >= 11 is 15.2. The minimum atomic E-state index is -3.18. The Bertz CT molecular complexity index is 5450. The molecule has 8 aromatic rings. The third kappa shape index (κ3) is 25.6. The van der Waals surface area contributed by atoms with Gasteiger partial charge >= 0.3 is 12.1 Å². The van der Waals surface area contributed by atoms with Crippen molar-refractivity contribution in [3.63, 3.8) is 0 Å². The summed E-state index contributed by atoms with van der Waals surface area (Å²) in [4.78, 5) is 113. The first kappa shape index (κ1) is 102. The first-order valence-electron chi connectivity index (χ1n) is 44.5. The summed E-state index contributed by atoms with van der Waals surface area (Å²) < 4.78 is 70.5. The van der Waals surface area contributed by atoms with Crippen molar-refractivity contribution in [2.45, 2.75) is 211 Å². The molecule has 133 heavy (non-hydrogen) atoms. The van der Waals surface area contributed by atoms with Crippen molar-refractivity contribution in [3.8, 4) is 62.9 Å². The predicted molar refractivity (Wildman–Crippen MR) is 514 cm³/mol. The Balaban J connectivity index is 1.19. The molecular weight excluding hydrogens is 1770 g/mol. The van der Waals surface area contributed by atoms with Crippen LogP contribution >= 0.6 is 23.2 Å². The van der Waals surface area contributed by atoms with Crippen molar-refractivity contribution >= 4 is 87.1 Å². The lowest BCUT2D eigenvalue weighted by Gasteiger charge is -2.42. The molecule has 0 saturated carbocycles. The van der Waals surface area contributed by atoms with Crippen LogP contribution in [-0.4, -0.2) is 172 Å². The lowest BCUT2D eigenvalue weighted by Crippen LogP contribution is -2.60. The first-order valence-corrected chi connectivity index (χ1v) is 51.1. The first-order chi connectivity index (χ1) is 62.8. The molecule has 0 unspecified atom stereocenters. The molecule has 30 nitrogen and oxygen atoms in total. The number of nitrogens with zero attached hydrogens (tertiary/aromatic N) is 4. The van der Waals surface area contributed by atoms with Gasteiger partial charge in [-0.05, 0) is 206 Å². The van der Waals surface area contributed by atoms with Gasteiger partial charge in [0.1, 0.15) is 76.1 Å². The number of hydrogen-bond acceptors (Lipinski definition) is 22. The molecule has 714 valence electrons. The number of carboxylic acids is 1. The van der Waals surface area contributed by atoms with Crippen LogP contribution in [-0.2, 0) is 53.7 Å². The van der Waals surface area contributed by atoms with Crippen LogP contribution < -0.4 is 70.8 Å². The van der Waals surface area contributed by atoms with Crippen molar-refractivity contribution in [1.29, 1.82) is 0 Å². The van der Waals surface area contributed by atoms with E-state index in [1.54, 1.807) is 123 Å². The average Bonchev–Trinajstić information content (AvgIpc) is 1.38. The maximum atomic E-state index is 17.3. The SMILES string of the molecule is COc1ccc(C(NC(=O)C[C@H]2CN[C@H]3C(=O)N[C@H](c4ccc(OC)c(-c5c(OC)cc(OC)cc5[C@H](N)COCc5ccccc5)c4)C(=O)N[C@H](C(=O)O)[C@H](O[Si](C)(C)C(C)(C)C)c4ccc(c(Cl)c4)Oc4cc3cc(c4N=NN3CCCC3)Oc3ccc(cc3Cl)[C@@H](O[Si](C)(C)C(C)(C)C)[C@@H](NC(=O)[C@@H](CC(C)C)N(C)C(=O)OC(C)(C)C)C(=O)N2)c2ccc(OC)cc2)cc1. The molecule has 5 heterocycles. The van der Waals surface area contributed by atoms with Crippen LogP contribution in [0.4, 0.5) is 10.5 Å². The van der Waals surface area contributed by atoms with E-state index in [1.807, 2.05) is 112 Å². The van der Waals surface area contributed by atoms with Crippen molar-refractivity contribution in [1.82, 2.24) is 41.8 Å². The van der Waals surface area contributed by atoms with Gasteiger partial charge in [-0.15, -0.1) is 5.11 Å². The zero-order valence-corrected chi connectivity index (χ0v) is 83.2. The second-order valence-corrected chi connectivity index (χ2v) is 48.4. The highest BCUT2D eigenvalue weighted by molar-refractivity contribution is 6.74. The lowest BCUT2D eigenvalue weighted by atomic mass is 9.90. The number of aliphatic carboxylic acids is 1. The van der Waals surface area contributed by atoms with Gasteiger partial charge in [0.25, 0.3) is 0 Å². The Morgan fingerprint density at radius 3 is 1.68 bits per heavy atom. The number of halogens is 2. The molecule has 9 N–H and O–H groups in total. The number of nitrogens with one attached hydrogen (secondary N) is 6. The fraction of sp³-hybridized carbons (Fsp3) is 0.444.